The van der Waals surface area contributed by atoms with Gasteiger partial charge in [0.25, 0.3) is 5.91 Å². The van der Waals surface area contributed by atoms with E-state index in [1.165, 1.54) is 0 Å². The number of amides is 1. The number of nitrogens with zero attached hydrogens (tertiary/aromatic N) is 2. The second kappa shape index (κ2) is 9.16. The Morgan fingerprint density at radius 3 is 2.47 bits per heavy atom. The minimum Gasteiger partial charge on any atom is -0.454 e. The lowest BCUT2D eigenvalue weighted by atomic mass is 10.0. The topological polar surface area (TPSA) is 51.7 Å². The zero-order chi connectivity index (χ0) is 20.9. The number of rotatable bonds is 8. The molecule has 0 spiro atoms. The molecule has 1 aliphatic rings. The molecule has 0 atom stereocenters. The summed E-state index contributed by atoms with van der Waals surface area (Å²) in [7, 11) is 0. The molecule has 3 aromatic rings. The van der Waals surface area contributed by atoms with Crippen molar-refractivity contribution < 1.29 is 14.3 Å². The fourth-order valence-electron chi connectivity index (χ4n) is 3.74. The van der Waals surface area contributed by atoms with Crippen molar-refractivity contribution in [1.29, 1.82) is 0 Å². The van der Waals surface area contributed by atoms with Crippen LogP contribution in [0.15, 0.2) is 48.5 Å². The molecule has 2 aromatic carbocycles. The highest BCUT2D eigenvalue weighted by Gasteiger charge is 2.21. The number of hydrogen-bond donors (Lipinski definition) is 0. The SMILES string of the molecule is CCCCN(CCCC)C(=O)c1cc(-c2ccc3c(c2)OCO3)nc2ccccc12. The maximum absolute atomic E-state index is 13.6. The third-order valence-electron chi connectivity index (χ3n) is 5.47. The van der Waals surface area contributed by atoms with Gasteiger partial charge in [0.2, 0.25) is 6.79 Å². The molecule has 30 heavy (non-hydrogen) atoms. The summed E-state index contributed by atoms with van der Waals surface area (Å²) in [5.74, 6) is 1.53. The Morgan fingerprint density at radius 2 is 1.70 bits per heavy atom. The number of hydrogen-bond acceptors (Lipinski definition) is 4. The molecule has 0 bridgehead atoms. The van der Waals surface area contributed by atoms with Gasteiger partial charge in [0.05, 0.1) is 16.8 Å². The van der Waals surface area contributed by atoms with Gasteiger partial charge in [-0.2, -0.15) is 0 Å². The van der Waals surface area contributed by atoms with Gasteiger partial charge in [-0.1, -0.05) is 44.9 Å². The van der Waals surface area contributed by atoms with Crippen LogP contribution in [0, 0.1) is 0 Å². The summed E-state index contributed by atoms with van der Waals surface area (Å²) in [4.78, 5) is 20.4. The molecule has 5 heteroatoms. The Balaban J connectivity index is 1.77. The summed E-state index contributed by atoms with van der Waals surface area (Å²) in [6.07, 6.45) is 4.14. The molecule has 0 aliphatic carbocycles. The number of pyridine rings is 1. The zero-order valence-electron chi connectivity index (χ0n) is 17.7. The molecule has 5 nitrogen and oxygen atoms in total. The Bertz CT molecular complexity index is 1040. The monoisotopic (exact) mass is 404 g/mol. The van der Waals surface area contributed by atoms with Gasteiger partial charge in [-0.3, -0.25) is 4.79 Å². The average Bonchev–Trinajstić information content (AvgIpc) is 3.26. The largest absolute Gasteiger partial charge is 0.454 e. The lowest BCUT2D eigenvalue weighted by molar-refractivity contribution is 0.0753. The van der Waals surface area contributed by atoms with Crippen LogP contribution >= 0.6 is 0 Å². The molecule has 0 radical (unpaired) electrons. The lowest BCUT2D eigenvalue weighted by Crippen LogP contribution is -2.33. The van der Waals surface area contributed by atoms with Gasteiger partial charge in [0.15, 0.2) is 11.5 Å². The highest BCUT2D eigenvalue weighted by molar-refractivity contribution is 6.07. The number of benzene rings is 2. The van der Waals surface area contributed by atoms with E-state index in [-0.39, 0.29) is 12.7 Å². The molecule has 1 aliphatic heterocycles. The van der Waals surface area contributed by atoms with Gasteiger partial charge in [0.1, 0.15) is 0 Å². The number of unbranched alkanes of at least 4 members (excludes halogenated alkanes) is 2. The van der Waals surface area contributed by atoms with Gasteiger partial charge < -0.3 is 14.4 Å². The van der Waals surface area contributed by atoms with Crippen LogP contribution in [-0.4, -0.2) is 35.7 Å². The van der Waals surface area contributed by atoms with E-state index in [0.29, 0.717) is 11.3 Å². The van der Waals surface area contributed by atoms with Crippen LogP contribution in [0.25, 0.3) is 22.2 Å². The maximum Gasteiger partial charge on any atom is 0.254 e. The zero-order valence-corrected chi connectivity index (χ0v) is 17.7. The van der Waals surface area contributed by atoms with E-state index in [0.717, 1.165) is 66.7 Å². The maximum atomic E-state index is 13.6. The highest BCUT2D eigenvalue weighted by Crippen LogP contribution is 2.36. The Labute approximate surface area is 177 Å². The Morgan fingerprint density at radius 1 is 0.967 bits per heavy atom. The number of carbonyl (C=O) groups is 1. The highest BCUT2D eigenvalue weighted by atomic mass is 16.7. The third-order valence-corrected chi connectivity index (χ3v) is 5.47. The van der Waals surface area contributed by atoms with Crippen molar-refractivity contribution in [2.45, 2.75) is 39.5 Å². The number of fused-ring (bicyclic) bond motifs is 2. The Kier molecular flexibility index (Phi) is 6.17. The smallest absolute Gasteiger partial charge is 0.254 e. The van der Waals surface area contributed by atoms with Gasteiger partial charge in [-0.25, -0.2) is 4.98 Å². The minimum absolute atomic E-state index is 0.0810. The second-order valence-corrected chi connectivity index (χ2v) is 7.64. The first-order valence-corrected chi connectivity index (χ1v) is 10.8. The molecular weight excluding hydrogens is 376 g/mol. The van der Waals surface area contributed by atoms with E-state index in [9.17, 15) is 4.79 Å². The molecule has 0 saturated carbocycles. The number of ether oxygens (including phenoxy) is 2. The molecule has 1 aromatic heterocycles. The normalized spacial score (nSPS) is 12.3. The average molecular weight is 405 g/mol. The van der Waals surface area contributed by atoms with Crippen LogP contribution in [0.4, 0.5) is 0 Å². The Hall–Kier alpha value is -3.08. The van der Waals surface area contributed by atoms with E-state index < -0.39 is 0 Å². The summed E-state index contributed by atoms with van der Waals surface area (Å²) >= 11 is 0. The van der Waals surface area contributed by atoms with Crippen molar-refractivity contribution in [3.63, 3.8) is 0 Å². The van der Waals surface area contributed by atoms with Crippen molar-refractivity contribution in [3.05, 3.63) is 54.1 Å². The van der Waals surface area contributed by atoms with Gasteiger partial charge in [-0.05, 0) is 43.2 Å². The van der Waals surface area contributed by atoms with Crippen LogP contribution in [0.3, 0.4) is 0 Å². The lowest BCUT2D eigenvalue weighted by Gasteiger charge is -2.23. The predicted molar refractivity (Wildman–Crippen MR) is 119 cm³/mol. The first kappa shape index (κ1) is 20.2. The molecule has 0 saturated heterocycles. The minimum atomic E-state index is 0.0810. The fourth-order valence-corrected chi connectivity index (χ4v) is 3.74. The summed E-state index contributed by atoms with van der Waals surface area (Å²) in [6, 6.07) is 15.6. The molecule has 0 fully saturated rings. The van der Waals surface area contributed by atoms with Gasteiger partial charge in [0, 0.05) is 24.0 Å². The summed E-state index contributed by atoms with van der Waals surface area (Å²) in [5, 5.41) is 0.894. The molecule has 156 valence electrons. The fraction of sp³-hybridized carbons (Fsp3) is 0.360. The van der Waals surface area contributed by atoms with Gasteiger partial charge >= 0.3 is 0 Å². The summed E-state index contributed by atoms with van der Waals surface area (Å²) < 4.78 is 11.0. The first-order chi connectivity index (χ1) is 14.7. The molecule has 1 amide bonds. The number of carbonyl (C=O) groups excluding carboxylic acids is 1. The van der Waals surface area contributed by atoms with Crippen LogP contribution in [0.5, 0.6) is 11.5 Å². The van der Waals surface area contributed by atoms with Crippen molar-refractivity contribution >= 4 is 16.8 Å². The quantitative estimate of drug-likeness (QED) is 0.485. The molecule has 2 heterocycles. The van der Waals surface area contributed by atoms with E-state index >= 15 is 0 Å². The summed E-state index contributed by atoms with van der Waals surface area (Å²) in [5.41, 5.74) is 3.21. The summed E-state index contributed by atoms with van der Waals surface area (Å²) in [6.45, 7) is 6.11. The molecule has 0 unspecified atom stereocenters. The molecule has 4 rings (SSSR count). The second-order valence-electron chi connectivity index (χ2n) is 7.64. The van der Waals surface area contributed by atoms with E-state index in [4.69, 9.17) is 14.5 Å². The van der Waals surface area contributed by atoms with Crippen LogP contribution in [-0.2, 0) is 0 Å². The molecular formula is C25H28N2O3. The van der Waals surface area contributed by atoms with Crippen molar-refractivity contribution in [2.75, 3.05) is 19.9 Å². The van der Waals surface area contributed by atoms with Crippen LogP contribution < -0.4 is 9.47 Å². The molecule has 0 N–H and O–H groups in total. The third kappa shape index (κ3) is 4.11. The number of para-hydroxylation sites is 1. The van der Waals surface area contributed by atoms with Gasteiger partial charge in [-0.15, -0.1) is 0 Å². The van der Waals surface area contributed by atoms with E-state index in [2.05, 4.69) is 13.8 Å². The van der Waals surface area contributed by atoms with E-state index in [1.807, 2.05) is 53.4 Å². The van der Waals surface area contributed by atoms with Crippen molar-refractivity contribution in [2.24, 2.45) is 0 Å². The first-order valence-electron chi connectivity index (χ1n) is 10.8. The predicted octanol–water partition coefficient (Wildman–Crippen LogP) is 5.67. The van der Waals surface area contributed by atoms with Crippen LogP contribution in [0.1, 0.15) is 49.9 Å². The van der Waals surface area contributed by atoms with Crippen LogP contribution in [0.2, 0.25) is 0 Å². The number of aromatic nitrogens is 1. The van der Waals surface area contributed by atoms with E-state index in [1.54, 1.807) is 0 Å². The standard InChI is InChI=1S/C25H28N2O3/c1-3-5-13-27(14-6-4-2)25(28)20-16-22(26-21-10-8-7-9-19(20)21)18-11-12-23-24(15-18)30-17-29-23/h7-12,15-16H,3-6,13-14,17H2,1-2H3. The van der Waals surface area contributed by atoms with Crippen molar-refractivity contribution in [3.8, 4) is 22.8 Å². The van der Waals surface area contributed by atoms with Crippen molar-refractivity contribution in [1.82, 2.24) is 9.88 Å².